The second-order valence-electron chi connectivity index (χ2n) is 8.00. The van der Waals surface area contributed by atoms with Crippen molar-refractivity contribution in [3.8, 4) is 11.1 Å². The Labute approximate surface area is 195 Å². The van der Waals surface area contributed by atoms with Gasteiger partial charge in [0.1, 0.15) is 25.2 Å². The molecule has 172 valence electrons. The summed E-state index contributed by atoms with van der Waals surface area (Å²) in [5, 5.41) is 16.9. The molecular weight excluding hydrogens is 440 g/mol. The summed E-state index contributed by atoms with van der Waals surface area (Å²) in [6.07, 6.45) is 2.67. The number of carbonyl (C=O) groups excluding carboxylic acids is 2. The lowest BCUT2D eigenvalue weighted by molar-refractivity contribution is -0.142. The number of hydrogen-bond donors (Lipinski definition) is 2. The van der Waals surface area contributed by atoms with Gasteiger partial charge in [-0.25, -0.2) is 9.59 Å². The zero-order valence-electron chi connectivity index (χ0n) is 18.8. The van der Waals surface area contributed by atoms with Crippen molar-refractivity contribution in [3.63, 3.8) is 0 Å². The molecule has 0 aromatic heterocycles. The fourth-order valence-electron chi connectivity index (χ4n) is 4.09. The highest BCUT2D eigenvalue weighted by atomic mass is 32.2. The number of Topliss-reactive ketones (excluding diaryl/α,β-unsaturated/α-hetero) is 1. The van der Waals surface area contributed by atoms with E-state index in [-0.39, 0.29) is 36.1 Å². The molecule has 1 aliphatic carbocycles. The van der Waals surface area contributed by atoms with E-state index >= 15 is 0 Å². The number of hydrogen-bond acceptors (Lipinski definition) is 5. The van der Waals surface area contributed by atoms with Gasteiger partial charge < -0.3 is 9.84 Å². The first-order valence-electron chi connectivity index (χ1n) is 10.5. The second kappa shape index (κ2) is 10.5. The van der Waals surface area contributed by atoms with Gasteiger partial charge in [-0.1, -0.05) is 48.5 Å². The zero-order chi connectivity index (χ0) is 24.1. The number of ether oxygens (including phenoxy) is 1. The number of rotatable bonds is 9. The van der Waals surface area contributed by atoms with Crippen molar-refractivity contribution < 1.29 is 24.2 Å². The minimum absolute atomic E-state index is 0.0722. The third-order valence-corrected chi connectivity index (χ3v) is 6.94. The molecule has 0 saturated heterocycles. The average molecular weight is 468 g/mol. The van der Waals surface area contributed by atoms with Crippen molar-refractivity contribution in [2.24, 2.45) is 0 Å². The van der Waals surface area contributed by atoms with E-state index in [1.54, 1.807) is 12.5 Å². The summed E-state index contributed by atoms with van der Waals surface area (Å²) in [5.41, 5.74) is 4.33. The van der Waals surface area contributed by atoms with Crippen LogP contribution in [0.3, 0.4) is 0 Å². The largest absolute Gasteiger partial charge is 0.480 e. The molecule has 33 heavy (non-hydrogen) atoms. The topological polar surface area (TPSA) is 108 Å². The molecule has 0 unspecified atom stereocenters. The van der Waals surface area contributed by atoms with Crippen LogP contribution in [0.4, 0.5) is 4.79 Å². The number of benzene rings is 2. The van der Waals surface area contributed by atoms with Crippen LogP contribution in [0.5, 0.6) is 0 Å². The van der Waals surface area contributed by atoms with Crippen LogP contribution in [-0.2, 0) is 25.2 Å². The molecule has 0 radical (unpaired) electrons. The standard InChI is InChI=1S/C25H26N2O5S/c1-27(21(24(29)30)12-13-22(28)23(14-26)33(2)3)25(31)32-15-20-18-10-6-4-8-16(18)17-9-5-7-11-19(17)20/h4-11,20-21,26H,12-13,15H2,1-3H3/p+1/t21-/m0/s1. The highest BCUT2D eigenvalue weighted by molar-refractivity contribution is 8.00. The molecule has 2 aromatic rings. The molecule has 0 heterocycles. The van der Waals surface area contributed by atoms with Crippen LogP contribution in [0.2, 0.25) is 0 Å². The van der Waals surface area contributed by atoms with Crippen molar-refractivity contribution in [1.29, 1.82) is 5.41 Å². The highest BCUT2D eigenvalue weighted by Gasteiger charge is 2.33. The van der Waals surface area contributed by atoms with E-state index < -0.39 is 29.0 Å². The minimum atomic E-state index is -1.22. The number of aliphatic carboxylic acids is 1. The quantitative estimate of drug-likeness (QED) is 0.332. The summed E-state index contributed by atoms with van der Waals surface area (Å²) < 4.78 is 5.54. The Morgan fingerprint density at radius 2 is 1.64 bits per heavy atom. The van der Waals surface area contributed by atoms with E-state index in [4.69, 9.17) is 10.1 Å². The summed E-state index contributed by atoms with van der Waals surface area (Å²) in [7, 11) is 0.907. The third-order valence-electron chi connectivity index (χ3n) is 5.80. The van der Waals surface area contributed by atoms with Crippen molar-refractivity contribution in [2.45, 2.75) is 24.8 Å². The Bertz CT molecular complexity index is 1080. The van der Waals surface area contributed by atoms with E-state index in [1.807, 2.05) is 48.5 Å². The number of fused-ring (bicyclic) bond motifs is 3. The van der Waals surface area contributed by atoms with Gasteiger partial charge in [0.25, 0.3) is 4.91 Å². The maximum Gasteiger partial charge on any atom is 0.410 e. The number of likely N-dealkylation sites (N-methyl/N-ethyl adjacent to an activating group) is 1. The average Bonchev–Trinajstić information content (AvgIpc) is 3.11. The molecule has 3 rings (SSSR count). The van der Waals surface area contributed by atoms with Gasteiger partial charge in [0.15, 0.2) is 0 Å². The van der Waals surface area contributed by atoms with Gasteiger partial charge in [0.2, 0.25) is 5.78 Å². The highest BCUT2D eigenvalue weighted by Crippen LogP contribution is 2.44. The van der Waals surface area contributed by atoms with Crippen LogP contribution < -0.4 is 0 Å². The zero-order valence-corrected chi connectivity index (χ0v) is 19.6. The van der Waals surface area contributed by atoms with Gasteiger partial charge in [0.05, 0.1) is 0 Å². The third kappa shape index (κ3) is 5.18. The molecule has 0 bridgehead atoms. The number of carboxylic acids is 1. The van der Waals surface area contributed by atoms with Crippen molar-refractivity contribution >= 4 is 34.6 Å². The fourth-order valence-corrected chi connectivity index (χ4v) is 4.85. The Morgan fingerprint density at radius 3 is 2.12 bits per heavy atom. The van der Waals surface area contributed by atoms with Crippen LogP contribution in [0.15, 0.2) is 53.4 Å². The van der Waals surface area contributed by atoms with Gasteiger partial charge in [-0.15, -0.1) is 0 Å². The van der Waals surface area contributed by atoms with Crippen LogP contribution in [-0.4, -0.2) is 65.9 Å². The van der Waals surface area contributed by atoms with Gasteiger partial charge in [-0.3, -0.25) is 15.1 Å². The molecule has 1 aliphatic rings. The maximum atomic E-state index is 12.7. The monoisotopic (exact) mass is 467 g/mol. The number of allylic oxidation sites excluding steroid dienone is 1. The molecule has 0 aliphatic heterocycles. The molecule has 0 fully saturated rings. The minimum Gasteiger partial charge on any atom is -0.480 e. The second-order valence-corrected chi connectivity index (χ2v) is 10.0. The van der Waals surface area contributed by atoms with Crippen molar-refractivity contribution in [1.82, 2.24) is 4.90 Å². The number of nitrogens with zero attached hydrogens (tertiary/aromatic N) is 1. The van der Waals surface area contributed by atoms with E-state index in [0.717, 1.165) is 27.2 Å². The molecule has 0 saturated carbocycles. The summed E-state index contributed by atoms with van der Waals surface area (Å²) in [6, 6.07) is 14.7. The first-order chi connectivity index (χ1) is 15.8. The predicted molar refractivity (Wildman–Crippen MR) is 129 cm³/mol. The van der Waals surface area contributed by atoms with Gasteiger partial charge in [-0.05, 0) is 28.7 Å². The summed E-state index contributed by atoms with van der Waals surface area (Å²) >= 11 is 0. The first-order valence-corrected chi connectivity index (χ1v) is 12.5. The smallest absolute Gasteiger partial charge is 0.410 e. The predicted octanol–water partition coefficient (Wildman–Crippen LogP) is 3.68. The SMILES string of the molecule is CN(C(=O)OCC1c2ccccc2-c2ccccc21)[C@@H](CCC(=O)C(=C=N)[S+](C)C)C(=O)O. The molecule has 8 heteroatoms. The van der Waals surface area contributed by atoms with Crippen LogP contribution in [0.25, 0.3) is 11.1 Å². The number of carbonyl (C=O) groups is 3. The Kier molecular flexibility index (Phi) is 7.74. The van der Waals surface area contributed by atoms with E-state index in [1.165, 1.54) is 7.05 Å². The Hall–Kier alpha value is -3.35. The lowest BCUT2D eigenvalue weighted by atomic mass is 9.98. The fraction of sp³-hybridized carbons (Fsp3) is 0.320. The maximum absolute atomic E-state index is 12.7. The first kappa shape index (κ1) is 24.3. The van der Waals surface area contributed by atoms with E-state index in [9.17, 15) is 19.5 Å². The van der Waals surface area contributed by atoms with Gasteiger partial charge in [0, 0.05) is 36.2 Å². The molecule has 2 N–H and O–H groups in total. The van der Waals surface area contributed by atoms with Crippen LogP contribution >= 0.6 is 0 Å². The summed E-state index contributed by atoms with van der Waals surface area (Å²) in [4.78, 5) is 38.1. The molecule has 0 spiro atoms. The van der Waals surface area contributed by atoms with Gasteiger partial charge >= 0.3 is 12.1 Å². The normalized spacial score (nSPS) is 13.0. The molecule has 2 aromatic carbocycles. The summed E-state index contributed by atoms with van der Waals surface area (Å²) in [6.45, 7) is 0.0810. The van der Waals surface area contributed by atoms with E-state index in [2.05, 4.69) is 5.87 Å². The lowest BCUT2D eigenvalue weighted by Gasteiger charge is -2.25. The Morgan fingerprint density at radius 1 is 1.09 bits per heavy atom. The number of nitrogens with one attached hydrogen (secondary N) is 1. The Balaban J connectivity index is 1.67. The number of carboxylic acid groups (broad SMARTS) is 1. The van der Waals surface area contributed by atoms with E-state index in [0.29, 0.717) is 0 Å². The van der Waals surface area contributed by atoms with Crippen LogP contribution in [0, 0.1) is 5.41 Å². The van der Waals surface area contributed by atoms with Gasteiger partial charge in [-0.2, -0.15) is 0 Å². The van der Waals surface area contributed by atoms with Crippen LogP contribution in [0.1, 0.15) is 29.9 Å². The van der Waals surface area contributed by atoms with Crippen molar-refractivity contribution in [3.05, 3.63) is 64.6 Å². The molecule has 1 amide bonds. The molecular formula is C25H27N2O5S+. The van der Waals surface area contributed by atoms with Crippen molar-refractivity contribution in [2.75, 3.05) is 26.2 Å². The lowest BCUT2D eigenvalue weighted by Crippen LogP contribution is -2.43. The summed E-state index contributed by atoms with van der Waals surface area (Å²) in [5.74, 6) is 0.474. The molecule has 1 atom stereocenters. The molecule has 7 nitrogen and oxygen atoms in total. The number of amides is 1. The number of ketones is 1.